The van der Waals surface area contributed by atoms with Gasteiger partial charge in [-0.25, -0.2) is 19.8 Å². The minimum atomic E-state index is -0.579. The van der Waals surface area contributed by atoms with Crippen LogP contribution < -0.4 is 5.32 Å². The lowest BCUT2D eigenvalue weighted by Crippen LogP contribution is -2.49. The van der Waals surface area contributed by atoms with Gasteiger partial charge in [0.15, 0.2) is 0 Å². The summed E-state index contributed by atoms with van der Waals surface area (Å²) >= 11 is 0. The Balaban J connectivity index is 0.897. The quantitative estimate of drug-likeness (QED) is 0.0553. The summed E-state index contributed by atoms with van der Waals surface area (Å²) in [6.45, 7) is 1.30. The number of ether oxygens (including phenoxy) is 1. The number of nitrogens with one attached hydrogen (secondary N) is 3. The average molecular weight is 759 g/mol. The maximum absolute atomic E-state index is 13.7. The smallest absolute Gasteiger partial charge is 0.407 e. The second-order valence-corrected chi connectivity index (χ2v) is 15.4. The molecule has 0 radical (unpaired) electrons. The number of hydrogen-bond acceptors (Lipinski definition) is 9. The lowest BCUT2D eigenvalue weighted by atomic mass is 10.00. The topological polar surface area (TPSA) is 167 Å². The molecule has 3 aromatic carbocycles. The first kappa shape index (κ1) is 35.9. The van der Waals surface area contributed by atoms with E-state index in [1.807, 2.05) is 15.9 Å². The van der Waals surface area contributed by atoms with Crippen LogP contribution in [-0.2, 0) is 24.1 Å². The van der Waals surface area contributed by atoms with Crippen molar-refractivity contribution in [1.82, 2.24) is 35.1 Å². The molecular weight excluding hydrogens is 713 g/mol. The van der Waals surface area contributed by atoms with Gasteiger partial charge < -0.3 is 34.7 Å². The maximum Gasteiger partial charge on any atom is 0.407 e. The number of carbonyl (C=O) groups excluding carboxylic acids is 3. The van der Waals surface area contributed by atoms with Crippen molar-refractivity contribution >= 4 is 46.4 Å². The van der Waals surface area contributed by atoms with Crippen molar-refractivity contribution in [2.24, 2.45) is 16.8 Å². The zero-order chi connectivity index (χ0) is 38.3. The molecule has 2 aliphatic heterocycles. The van der Waals surface area contributed by atoms with Crippen molar-refractivity contribution in [1.29, 1.82) is 0 Å². The number of aromatic nitrogens is 4. The minimum Gasteiger partial charge on any atom is -0.453 e. The number of methoxy groups -OCH3 is 1. The number of rotatable bonds is 12. The fourth-order valence-electron chi connectivity index (χ4n) is 8.49. The molecule has 3 amide bonds. The fraction of sp³-hybridized carbons (Fsp3) is 0.429. The molecule has 14 nitrogen and oxygen atoms in total. The predicted octanol–water partition coefficient (Wildman–Crippen LogP) is 6.62. The van der Waals surface area contributed by atoms with Crippen LogP contribution in [0.4, 0.5) is 4.79 Å². The highest BCUT2D eigenvalue weighted by Crippen LogP contribution is 2.40. The van der Waals surface area contributed by atoms with Crippen molar-refractivity contribution in [2.45, 2.75) is 75.5 Å². The van der Waals surface area contributed by atoms with Crippen LogP contribution in [0.5, 0.6) is 0 Å². The van der Waals surface area contributed by atoms with Crippen molar-refractivity contribution < 1.29 is 28.9 Å². The molecule has 2 aliphatic carbocycles. The molecule has 4 heterocycles. The molecule has 5 aromatic rings. The lowest BCUT2D eigenvalue weighted by Gasteiger charge is -2.28. The van der Waals surface area contributed by atoms with Crippen molar-refractivity contribution in [3.05, 3.63) is 72.3 Å². The average Bonchev–Trinajstić information content (AvgIpc) is 4.00. The molecule has 290 valence electrons. The molecule has 3 N–H and O–H groups in total. The first-order chi connectivity index (χ1) is 27.4. The largest absolute Gasteiger partial charge is 0.453 e. The number of H-pyrrole nitrogens is 2. The standard InChI is InChI=1S/C42H46N8O6/c1-54-42(53)48-37(27-13-14-27)41(52)50-20-4-6-35(50)39-45-31-18-16-29(22-33(31)47-39)25-9-7-24(8-10-25)28-15-17-30-32(21-28)46-38(44-30)34-5-3-19-49(34)40(51)36(26-11-12-26)43-23-56-55-2/h7-10,15-18,21-23,26-27,34-37H,3-6,11-14,19-20H2,1-2H3,(H,44,46)(H,45,47)(H,48,53)/b43-23+/t34-,35-,36-,37+/m0/s1. The van der Waals surface area contributed by atoms with Gasteiger partial charge in [-0.2, -0.15) is 4.89 Å². The van der Waals surface area contributed by atoms with E-state index in [1.54, 1.807) is 0 Å². The predicted molar refractivity (Wildman–Crippen MR) is 209 cm³/mol. The number of carbonyl (C=O) groups is 3. The van der Waals surface area contributed by atoms with Gasteiger partial charge in [-0.3, -0.25) is 9.59 Å². The van der Waals surface area contributed by atoms with Crippen LogP contribution in [0.2, 0.25) is 0 Å². The molecule has 4 atom stereocenters. The number of nitrogens with zero attached hydrogens (tertiary/aromatic N) is 5. The van der Waals surface area contributed by atoms with Gasteiger partial charge in [-0.1, -0.05) is 36.4 Å². The highest BCUT2D eigenvalue weighted by molar-refractivity contribution is 5.88. The molecule has 56 heavy (non-hydrogen) atoms. The molecule has 2 saturated heterocycles. The van der Waals surface area contributed by atoms with E-state index in [0.29, 0.717) is 13.1 Å². The number of fused-ring (bicyclic) bond motifs is 2. The van der Waals surface area contributed by atoms with Crippen LogP contribution in [0, 0.1) is 11.8 Å². The highest BCUT2D eigenvalue weighted by atomic mass is 17.2. The summed E-state index contributed by atoms with van der Waals surface area (Å²) in [6, 6.07) is 19.6. The molecule has 4 aliphatic rings. The molecule has 0 spiro atoms. The first-order valence-electron chi connectivity index (χ1n) is 19.6. The molecule has 4 fully saturated rings. The summed E-state index contributed by atoms with van der Waals surface area (Å²) in [5.41, 5.74) is 7.77. The third-order valence-electron chi connectivity index (χ3n) is 11.8. The first-order valence-corrected chi connectivity index (χ1v) is 19.6. The van der Waals surface area contributed by atoms with Crippen LogP contribution in [-0.4, -0.2) is 93.4 Å². The third kappa shape index (κ3) is 7.09. The van der Waals surface area contributed by atoms with E-state index in [4.69, 9.17) is 19.6 Å². The van der Waals surface area contributed by atoms with E-state index in [-0.39, 0.29) is 35.7 Å². The van der Waals surface area contributed by atoms with E-state index in [1.165, 1.54) is 20.6 Å². The van der Waals surface area contributed by atoms with E-state index in [0.717, 1.165) is 107 Å². The Kier molecular flexibility index (Phi) is 9.66. The summed E-state index contributed by atoms with van der Waals surface area (Å²) < 4.78 is 4.80. The van der Waals surface area contributed by atoms with Gasteiger partial charge >= 0.3 is 6.09 Å². The van der Waals surface area contributed by atoms with Crippen molar-refractivity contribution in [3.63, 3.8) is 0 Å². The fourth-order valence-corrected chi connectivity index (χ4v) is 8.49. The van der Waals surface area contributed by atoms with Crippen molar-refractivity contribution in [3.8, 4) is 22.3 Å². The van der Waals surface area contributed by atoms with Gasteiger partial charge in [-0.05, 0) is 110 Å². The van der Waals surface area contributed by atoms with Gasteiger partial charge in [0, 0.05) is 13.1 Å². The van der Waals surface area contributed by atoms with Crippen LogP contribution in [0.25, 0.3) is 44.3 Å². The number of amides is 3. The number of aliphatic imine (C=N–C) groups is 1. The summed E-state index contributed by atoms with van der Waals surface area (Å²) in [5.74, 6) is 1.89. The summed E-state index contributed by atoms with van der Waals surface area (Å²) in [6.07, 6.45) is 7.89. The zero-order valence-corrected chi connectivity index (χ0v) is 31.6. The number of aromatic amines is 2. The van der Waals surface area contributed by atoms with E-state index in [9.17, 15) is 14.4 Å². The summed E-state index contributed by atoms with van der Waals surface area (Å²) in [4.78, 5) is 73.9. The molecule has 2 saturated carbocycles. The molecule has 0 bridgehead atoms. The van der Waals surface area contributed by atoms with E-state index >= 15 is 0 Å². The van der Waals surface area contributed by atoms with Crippen LogP contribution >= 0.6 is 0 Å². The Labute approximate surface area is 323 Å². The van der Waals surface area contributed by atoms with Crippen LogP contribution in [0.1, 0.15) is 75.1 Å². The van der Waals surface area contributed by atoms with Crippen LogP contribution in [0.3, 0.4) is 0 Å². The number of benzene rings is 3. The maximum atomic E-state index is 13.7. The number of imidazole rings is 2. The van der Waals surface area contributed by atoms with Gasteiger partial charge in [0.1, 0.15) is 23.7 Å². The summed E-state index contributed by atoms with van der Waals surface area (Å²) in [7, 11) is 2.73. The van der Waals surface area contributed by atoms with Gasteiger partial charge in [0.05, 0.1) is 48.4 Å². The molecule has 9 rings (SSSR count). The van der Waals surface area contributed by atoms with Gasteiger partial charge in [-0.15, -0.1) is 0 Å². The second kappa shape index (κ2) is 15.1. The van der Waals surface area contributed by atoms with E-state index in [2.05, 4.69) is 79.8 Å². The second-order valence-electron chi connectivity index (χ2n) is 15.4. The number of hydrogen-bond donors (Lipinski definition) is 3. The summed E-state index contributed by atoms with van der Waals surface area (Å²) in [5, 5.41) is 2.77. The number of alkyl carbamates (subject to hydrolysis) is 1. The van der Waals surface area contributed by atoms with Gasteiger partial charge in [0.25, 0.3) is 0 Å². The monoisotopic (exact) mass is 758 g/mol. The minimum absolute atomic E-state index is 0.0136. The highest BCUT2D eigenvalue weighted by Gasteiger charge is 2.44. The van der Waals surface area contributed by atoms with Crippen LogP contribution in [0.15, 0.2) is 65.7 Å². The Morgan fingerprint density at radius 3 is 1.75 bits per heavy atom. The molecule has 14 heteroatoms. The normalized spacial score (nSPS) is 20.9. The Morgan fingerprint density at radius 1 is 0.732 bits per heavy atom. The third-order valence-corrected chi connectivity index (χ3v) is 11.8. The zero-order valence-electron chi connectivity index (χ0n) is 31.6. The molecular formula is C42H46N8O6. The number of likely N-dealkylation sites (tertiary alicyclic amines) is 2. The lowest BCUT2D eigenvalue weighted by molar-refractivity contribution is -0.188. The van der Waals surface area contributed by atoms with E-state index < -0.39 is 18.2 Å². The Bertz CT molecular complexity index is 2290. The Morgan fingerprint density at radius 2 is 1.25 bits per heavy atom. The molecule has 2 aromatic heterocycles. The molecule has 0 unspecified atom stereocenters. The van der Waals surface area contributed by atoms with Crippen molar-refractivity contribution in [2.75, 3.05) is 27.3 Å². The Hall–Kier alpha value is -5.76. The SMILES string of the molecule is COO/C=N/[C@H](C(=O)N1CCC[C@H]1c1nc2cc(-c3ccc(-c4ccc5[nH]c([C@@H]6CCCN6C(=O)[C@H](NC(=O)OC)C6CC6)nc5c4)cc3)ccc2[nH]1)C1CC1. The van der Waals surface area contributed by atoms with Gasteiger partial charge in [0.2, 0.25) is 18.2 Å².